The van der Waals surface area contributed by atoms with Gasteiger partial charge in [-0.1, -0.05) is 20.3 Å². The van der Waals surface area contributed by atoms with Crippen molar-refractivity contribution in [3.63, 3.8) is 0 Å². The van der Waals surface area contributed by atoms with Crippen molar-refractivity contribution < 1.29 is 14.2 Å². The number of hydrogen-bond acceptors (Lipinski definition) is 3. The van der Waals surface area contributed by atoms with Crippen LogP contribution in [0.15, 0.2) is 24.3 Å². The van der Waals surface area contributed by atoms with Gasteiger partial charge >= 0.3 is 0 Å². The van der Waals surface area contributed by atoms with Gasteiger partial charge in [0.25, 0.3) is 0 Å². The summed E-state index contributed by atoms with van der Waals surface area (Å²) in [5.74, 6) is 2.22. The molecule has 3 atom stereocenters. The molecule has 0 radical (unpaired) electrons. The first-order valence-corrected chi connectivity index (χ1v) is 7.11. The molecule has 3 heteroatoms. The van der Waals surface area contributed by atoms with Gasteiger partial charge in [0.2, 0.25) is 0 Å². The lowest BCUT2D eigenvalue weighted by Crippen LogP contribution is -2.20. The number of ether oxygens (including phenoxy) is 3. The number of hydrogen-bond donors (Lipinski definition) is 0. The molecule has 0 N–H and O–H groups in total. The fourth-order valence-electron chi connectivity index (χ4n) is 1.72. The fraction of sp³-hybridized carbons (Fsp3) is 0.625. The van der Waals surface area contributed by atoms with Crippen LogP contribution in [0.2, 0.25) is 0 Å². The molecule has 0 saturated carbocycles. The van der Waals surface area contributed by atoms with Gasteiger partial charge in [0, 0.05) is 6.61 Å². The third-order valence-corrected chi connectivity index (χ3v) is 3.29. The molecule has 3 nitrogen and oxygen atoms in total. The highest BCUT2D eigenvalue weighted by Gasteiger charge is 2.11. The predicted molar refractivity (Wildman–Crippen MR) is 77.7 cm³/mol. The van der Waals surface area contributed by atoms with Crippen LogP contribution < -0.4 is 9.47 Å². The zero-order valence-corrected chi connectivity index (χ0v) is 12.7. The van der Waals surface area contributed by atoms with Gasteiger partial charge in [0.05, 0.1) is 6.10 Å². The monoisotopic (exact) mass is 266 g/mol. The first kappa shape index (κ1) is 15.8. The molecule has 1 rings (SSSR count). The lowest BCUT2D eigenvalue weighted by atomic mass is 10.0. The van der Waals surface area contributed by atoms with Crippen LogP contribution in [-0.4, -0.2) is 19.0 Å². The standard InChI is InChI=1S/C16H26O3/c1-6-12(3)13(4)18-15-8-10-16(11-9-15)19-14(5)17-7-2/h8-14H,6-7H2,1-5H3. The van der Waals surface area contributed by atoms with Crippen LogP contribution in [0.25, 0.3) is 0 Å². The van der Waals surface area contributed by atoms with Crippen LogP contribution >= 0.6 is 0 Å². The first-order chi connectivity index (χ1) is 9.06. The number of benzene rings is 1. The number of rotatable bonds is 8. The molecule has 0 bridgehead atoms. The molecule has 0 heterocycles. The van der Waals surface area contributed by atoms with Crippen molar-refractivity contribution >= 4 is 0 Å². The van der Waals surface area contributed by atoms with Gasteiger partial charge in [-0.15, -0.1) is 0 Å². The molecule has 1 aromatic rings. The Balaban J connectivity index is 2.51. The van der Waals surface area contributed by atoms with Crippen LogP contribution in [-0.2, 0) is 4.74 Å². The zero-order chi connectivity index (χ0) is 14.3. The average molecular weight is 266 g/mol. The molecule has 1 aromatic carbocycles. The summed E-state index contributed by atoms with van der Waals surface area (Å²) >= 11 is 0. The van der Waals surface area contributed by atoms with Crippen LogP contribution in [0.4, 0.5) is 0 Å². The van der Waals surface area contributed by atoms with Crippen molar-refractivity contribution in [3.05, 3.63) is 24.3 Å². The Bertz CT molecular complexity index is 348. The topological polar surface area (TPSA) is 27.7 Å². The Hall–Kier alpha value is -1.22. The molecule has 0 aliphatic carbocycles. The zero-order valence-electron chi connectivity index (χ0n) is 12.7. The van der Waals surface area contributed by atoms with Crippen molar-refractivity contribution in [2.75, 3.05) is 6.61 Å². The van der Waals surface area contributed by atoms with Gasteiger partial charge in [-0.25, -0.2) is 0 Å². The van der Waals surface area contributed by atoms with E-state index in [2.05, 4.69) is 20.8 Å². The minimum absolute atomic E-state index is 0.221. The van der Waals surface area contributed by atoms with Crippen LogP contribution in [0, 0.1) is 5.92 Å². The van der Waals surface area contributed by atoms with Crippen LogP contribution in [0.3, 0.4) is 0 Å². The third-order valence-electron chi connectivity index (χ3n) is 3.29. The minimum Gasteiger partial charge on any atom is -0.490 e. The van der Waals surface area contributed by atoms with E-state index in [4.69, 9.17) is 14.2 Å². The second kappa shape index (κ2) is 8.05. The molecular formula is C16H26O3. The molecule has 0 aliphatic heterocycles. The molecule has 19 heavy (non-hydrogen) atoms. The average Bonchev–Trinajstić information content (AvgIpc) is 2.40. The smallest absolute Gasteiger partial charge is 0.196 e. The van der Waals surface area contributed by atoms with E-state index in [1.807, 2.05) is 38.1 Å². The summed E-state index contributed by atoms with van der Waals surface area (Å²) in [6.07, 6.45) is 1.11. The molecule has 0 aliphatic rings. The summed E-state index contributed by atoms with van der Waals surface area (Å²) < 4.78 is 16.8. The Morgan fingerprint density at radius 3 is 1.89 bits per heavy atom. The fourth-order valence-corrected chi connectivity index (χ4v) is 1.72. The summed E-state index contributed by atoms with van der Waals surface area (Å²) in [7, 11) is 0. The van der Waals surface area contributed by atoms with Crippen molar-refractivity contribution in [2.45, 2.75) is 53.4 Å². The van der Waals surface area contributed by atoms with Crippen molar-refractivity contribution in [1.29, 1.82) is 0 Å². The second-order valence-corrected chi connectivity index (χ2v) is 4.82. The molecule has 108 valence electrons. The Labute approximate surface area is 116 Å². The van der Waals surface area contributed by atoms with E-state index in [0.29, 0.717) is 12.5 Å². The summed E-state index contributed by atoms with van der Waals surface area (Å²) in [5, 5.41) is 0. The first-order valence-electron chi connectivity index (χ1n) is 7.11. The van der Waals surface area contributed by atoms with Gasteiger partial charge in [-0.3, -0.25) is 0 Å². The van der Waals surface area contributed by atoms with Gasteiger partial charge in [0.1, 0.15) is 11.5 Å². The van der Waals surface area contributed by atoms with Gasteiger partial charge in [-0.05, 0) is 51.0 Å². The summed E-state index contributed by atoms with van der Waals surface area (Å²) in [6.45, 7) is 11.0. The van der Waals surface area contributed by atoms with E-state index in [1.165, 1.54) is 0 Å². The Morgan fingerprint density at radius 1 is 0.895 bits per heavy atom. The lowest BCUT2D eigenvalue weighted by molar-refractivity contribution is -0.0613. The highest BCUT2D eigenvalue weighted by Crippen LogP contribution is 2.22. The SMILES string of the molecule is CCOC(C)Oc1ccc(OC(C)C(C)CC)cc1. The molecule has 0 spiro atoms. The van der Waals surface area contributed by atoms with E-state index < -0.39 is 0 Å². The maximum Gasteiger partial charge on any atom is 0.196 e. The van der Waals surface area contributed by atoms with Gasteiger partial charge < -0.3 is 14.2 Å². The Kier molecular flexibility index (Phi) is 6.71. The maximum absolute atomic E-state index is 5.89. The molecule has 0 aromatic heterocycles. The van der Waals surface area contributed by atoms with Crippen molar-refractivity contribution in [2.24, 2.45) is 5.92 Å². The van der Waals surface area contributed by atoms with E-state index in [0.717, 1.165) is 17.9 Å². The quantitative estimate of drug-likeness (QED) is 0.658. The molecule has 0 amide bonds. The summed E-state index contributed by atoms with van der Waals surface area (Å²) in [5.41, 5.74) is 0. The van der Waals surface area contributed by atoms with E-state index >= 15 is 0 Å². The summed E-state index contributed by atoms with van der Waals surface area (Å²) in [6, 6.07) is 7.70. The lowest BCUT2D eigenvalue weighted by Gasteiger charge is -2.20. The van der Waals surface area contributed by atoms with E-state index in [1.54, 1.807) is 0 Å². The van der Waals surface area contributed by atoms with Gasteiger partial charge in [-0.2, -0.15) is 0 Å². The van der Waals surface area contributed by atoms with E-state index in [9.17, 15) is 0 Å². The summed E-state index contributed by atoms with van der Waals surface area (Å²) in [4.78, 5) is 0. The normalized spacial score (nSPS) is 15.6. The van der Waals surface area contributed by atoms with Crippen molar-refractivity contribution in [1.82, 2.24) is 0 Å². The Morgan fingerprint density at radius 2 is 1.42 bits per heavy atom. The molecule has 0 fully saturated rings. The molecular weight excluding hydrogens is 240 g/mol. The second-order valence-electron chi connectivity index (χ2n) is 4.82. The van der Waals surface area contributed by atoms with Crippen LogP contribution in [0.1, 0.15) is 41.0 Å². The minimum atomic E-state index is -0.226. The maximum atomic E-state index is 5.89. The highest BCUT2D eigenvalue weighted by molar-refractivity contribution is 5.31. The molecule has 3 unspecified atom stereocenters. The highest BCUT2D eigenvalue weighted by atomic mass is 16.7. The predicted octanol–water partition coefficient (Wildman–Crippen LogP) is 4.26. The van der Waals surface area contributed by atoms with Crippen molar-refractivity contribution in [3.8, 4) is 11.5 Å². The molecule has 0 saturated heterocycles. The van der Waals surface area contributed by atoms with Crippen LogP contribution in [0.5, 0.6) is 11.5 Å². The van der Waals surface area contributed by atoms with Gasteiger partial charge in [0.15, 0.2) is 6.29 Å². The largest absolute Gasteiger partial charge is 0.490 e. The van der Waals surface area contributed by atoms with E-state index in [-0.39, 0.29) is 12.4 Å². The third kappa shape index (κ3) is 5.52.